The first kappa shape index (κ1) is 15.7. The Morgan fingerprint density at radius 1 is 0.700 bits per heavy atom. The molecule has 0 aliphatic heterocycles. The van der Waals surface area contributed by atoms with E-state index in [-0.39, 0.29) is 17.1 Å². The van der Waals surface area contributed by atoms with Crippen LogP contribution in [0.25, 0.3) is 11.0 Å². The number of para-hydroxylation sites is 1. The summed E-state index contributed by atoms with van der Waals surface area (Å²) in [5, 5.41) is 1.16. The van der Waals surface area contributed by atoms with E-state index in [1.54, 1.807) is 0 Å². The van der Waals surface area contributed by atoms with E-state index in [4.69, 9.17) is 4.42 Å². The fraction of sp³-hybridized carbons (Fsp3) is 0. The van der Waals surface area contributed by atoms with Gasteiger partial charge in [0.05, 0.1) is 0 Å². The molecule has 2 aromatic rings. The van der Waals surface area contributed by atoms with Crippen molar-refractivity contribution < 1.29 is 21.5 Å². The number of fused-ring (bicyclic) bond motifs is 1. The Hall–Kier alpha value is -0.721. The Morgan fingerprint density at radius 3 is 1.90 bits per heavy atom. The summed E-state index contributed by atoms with van der Waals surface area (Å²) in [5.74, 6) is 2.08. The molecule has 1 heterocycles. The smallest absolute Gasteiger partial charge is 0.134 e. The number of furan rings is 1. The monoisotopic (exact) mass is 302 g/mol. The Bertz CT molecular complexity index is 466. The van der Waals surface area contributed by atoms with Crippen LogP contribution in [0.5, 0.6) is 0 Å². The number of hydrogen-bond acceptors (Lipinski definition) is 1. The molecule has 2 aliphatic carbocycles. The van der Waals surface area contributed by atoms with Gasteiger partial charge >= 0.3 is 0 Å². The summed E-state index contributed by atoms with van der Waals surface area (Å²) >= 11 is 0. The molecule has 0 atom stereocenters. The van der Waals surface area contributed by atoms with Gasteiger partial charge in [0.1, 0.15) is 11.3 Å². The predicted molar refractivity (Wildman–Crippen MR) is 77.3 cm³/mol. The Labute approximate surface area is 132 Å². The largest absolute Gasteiger partial charge is 0.460 e. The van der Waals surface area contributed by atoms with Crippen LogP contribution in [-0.4, -0.2) is 0 Å². The number of hydrogen-bond donors (Lipinski definition) is 0. The minimum absolute atomic E-state index is 0. The van der Waals surface area contributed by atoms with Crippen LogP contribution in [0.1, 0.15) is 5.76 Å². The minimum Gasteiger partial charge on any atom is -0.460 e. The van der Waals surface area contributed by atoms with Crippen molar-refractivity contribution >= 4 is 11.0 Å². The maximum absolute atomic E-state index is 5.71. The second kappa shape index (κ2) is 7.90. The van der Waals surface area contributed by atoms with Crippen molar-refractivity contribution in [2.75, 3.05) is 0 Å². The Kier molecular flexibility index (Phi) is 6.19. The fourth-order valence-corrected chi connectivity index (χ4v) is 1.98. The van der Waals surface area contributed by atoms with Gasteiger partial charge in [0.15, 0.2) is 0 Å². The fourth-order valence-electron chi connectivity index (χ4n) is 1.98. The van der Waals surface area contributed by atoms with Crippen molar-refractivity contribution in [3.63, 3.8) is 0 Å². The molecule has 1 nitrogen and oxygen atoms in total. The molecule has 2 saturated carbocycles. The van der Waals surface area contributed by atoms with E-state index in [1.807, 2.05) is 63.1 Å². The van der Waals surface area contributed by atoms with E-state index < -0.39 is 0 Å². The van der Waals surface area contributed by atoms with Gasteiger partial charge in [0.2, 0.25) is 0 Å². The van der Waals surface area contributed by atoms with E-state index in [0.29, 0.717) is 0 Å². The zero-order chi connectivity index (χ0) is 12.9. The van der Waals surface area contributed by atoms with Crippen molar-refractivity contribution in [1.29, 1.82) is 0 Å². The molecule has 0 saturated heterocycles. The van der Waals surface area contributed by atoms with Crippen LogP contribution in [0, 0.1) is 63.7 Å². The zero-order valence-corrected chi connectivity index (χ0v) is 11.9. The average molecular weight is 302 g/mol. The SMILES string of the molecule is [CH]1[CH][CH][CH][CH]1.[CH]1[CH][CH][C](c2cc3ccccc3o2)[CH]1.[Fe]. The van der Waals surface area contributed by atoms with Gasteiger partial charge in [-0.25, -0.2) is 0 Å². The van der Waals surface area contributed by atoms with E-state index in [9.17, 15) is 0 Å². The summed E-state index contributed by atoms with van der Waals surface area (Å²) in [6.07, 6.45) is 18.1. The van der Waals surface area contributed by atoms with Crippen LogP contribution in [0.15, 0.2) is 34.7 Å². The normalized spacial score (nSPS) is 18.6. The van der Waals surface area contributed by atoms with Gasteiger partial charge in [0, 0.05) is 28.4 Å². The molecule has 20 heavy (non-hydrogen) atoms. The number of rotatable bonds is 1. The van der Waals surface area contributed by atoms with Crippen molar-refractivity contribution in [3.8, 4) is 0 Å². The van der Waals surface area contributed by atoms with Crippen LogP contribution in [0.3, 0.4) is 0 Å². The second-order valence-electron chi connectivity index (χ2n) is 4.28. The van der Waals surface area contributed by atoms with Gasteiger partial charge in [-0.3, -0.25) is 0 Å². The third kappa shape index (κ3) is 3.90. The first-order valence-corrected chi connectivity index (χ1v) is 6.31. The van der Waals surface area contributed by atoms with Crippen molar-refractivity contribution in [1.82, 2.24) is 0 Å². The number of benzene rings is 1. The van der Waals surface area contributed by atoms with Gasteiger partial charge in [-0.1, -0.05) is 18.2 Å². The molecule has 100 valence electrons. The van der Waals surface area contributed by atoms with Crippen LogP contribution in [0.4, 0.5) is 0 Å². The first-order valence-electron chi connectivity index (χ1n) is 6.31. The molecule has 0 unspecified atom stereocenters. The van der Waals surface area contributed by atoms with Gasteiger partial charge in [-0.05, 0) is 69.9 Å². The summed E-state index contributed by atoms with van der Waals surface area (Å²) in [7, 11) is 0. The molecule has 10 radical (unpaired) electrons. The average Bonchev–Trinajstić information content (AvgIpc) is 3.20. The van der Waals surface area contributed by atoms with Crippen LogP contribution in [-0.2, 0) is 17.1 Å². The van der Waals surface area contributed by atoms with Gasteiger partial charge in [-0.2, -0.15) is 0 Å². The maximum atomic E-state index is 5.71. The van der Waals surface area contributed by atoms with E-state index in [0.717, 1.165) is 22.6 Å². The van der Waals surface area contributed by atoms with Crippen LogP contribution >= 0.6 is 0 Å². The maximum Gasteiger partial charge on any atom is 0.134 e. The topological polar surface area (TPSA) is 13.1 Å². The molecular weight excluding hydrogens is 288 g/mol. The third-order valence-electron chi connectivity index (χ3n) is 2.93. The summed E-state index contributed by atoms with van der Waals surface area (Å²) in [6, 6.07) is 10.1. The molecule has 0 amide bonds. The van der Waals surface area contributed by atoms with Gasteiger partial charge < -0.3 is 4.42 Å². The molecule has 0 bridgehead atoms. The quantitative estimate of drug-likeness (QED) is 0.719. The molecule has 2 fully saturated rings. The van der Waals surface area contributed by atoms with E-state index >= 15 is 0 Å². The van der Waals surface area contributed by atoms with Crippen molar-refractivity contribution in [2.45, 2.75) is 0 Å². The van der Waals surface area contributed by atoms with Crippen LogP contribution in [0.2, 0.25) is 0 Å². The van der Waals surface area contributed by atoms with E-state index in [1.165, 1.54) is 0 Å². The predicted octanol–water partition coefficient (Wildman–Crippen LogP) is 4.21. The van der Waals surface area contributed by atoms with Gasteiger partial charge in [-0.15, -0.1) is 0 Å². The molecular formula is C18H14FeO. The zero-order valence-electron chi connectivity index (χ0n) is 10.8. The Balaban J connectivity index is 0.000000210. The standard InChI is InChI=1S/C13H9O.C5H5.Fe/c1-2-6-10(5-1)13-9-11-7-3-4-8-12(11)14-13;1-2-4-5-3-1;/h1-9H;1-5H;. The molecule has 1 aromatic carbocycles. The van der Waals surface area contributed by atoms with Crippen molar-refractivity contribution in [3.05, 3.63) is 99.8 Å². The first-order chi connectivity index (χ1) is 9.43. The van der Waals surface area contributed by atoms with E-state index in [2.05, 4.69) is 25.0 Å². The molecule has 2 aliphatic rings. The summed E-state index contributed by atoms with van der Waals surface area (Å²) in [5.41, 5.74) is 0.948. The molecule has 4 rings (SSSR count). The molecule has 0 spiro atoms. The van der Waals surface area contributed by atoms with Crippen LogP contribution < -0.4 is 0 Å². The second-order valence-corrected chi connectivity index (χ2v) is 4.28. The van der Waals surface area contributed by atoms with Gasteiger partial charge in [0.25, 0.3) is 0 Å². The van der Waals surface area contributed by atoms with Crippen molar-refractivity contribution in [2.24, 2.45) is 0 Å². The molecule has 2 heteroatoms. The summed E-state index contributed by atoms with van der Waals surface area (Å²) < 4.78 is 5.71. The minimum atomic E-state index is 0. The summed E-state index contributed by atoms with van der Waals surface area (Å²) in [6.45, 7) is 0. The summed E-state index contributed by atoms with van der Waals surface area (Å²) in [4.78, 5) is 0. The molecule has 0 N–H and O–H groups in total. The Morgan fingerprint density at radius 2 is 1.30 bits per heavy atom. The molecule has 1 aromatic heterocycles. The third-order valence-corrected chi connectivity index (χ3v) is 2.93.